The van der Waals surface area contributed by atoms with Crippen molar-refractivity contribution >= 4 is 39.9 Å². The Balaban J connectivity index is 1.29. The number of aromatic nitrogens is 2. The van der Waals surface area contributed by atoms with Gasteiger partial charge >= 0.3 is 0 Å². The summed E-state index contributed by atoms with van der Waals surface area (Å²) < 4.78 is 13.7. The third-order valence-electron chi connectivity index (χ3n) is 5.48. The second kappa shape index (κ2) is 6.16. The highest BCUT2D eigenvalue weighted by molar-refractivity contribution is 6.30. The number of piperidine rings is 1. The van der Waals surface area contributed by atoms with Gasteiger partial charge in [0, 0.05) is 35.1 Å². The number of carbonyl (C=O) groups is 1. The monoisotopic (exact) mass is 382 g/mol. The van der Waals surface area contributed by atoms with Crippen molar-refractivity contribution in [3.8, 4) is 0 Å². The lowest BCUT2D eigenvalue weighted by Gasteiger charge is -2.22. The predicted octanol–water partition coefficient (Wildman–Crippen LogP) is 3.74. The molecule has 0 bridgehead atoms. The van der Waals surface area contributed by atoms with Gasteiger partial charge in [0.2, 0.25) is 5.91 Å². The first kappa shape index (κ1) is 16.4. The number of rotatable bonds is 3. The fourth-order valence-electron chi connectivity index (χ4n) is 4.11. The number of benzene rings is 2. The summed E-state index contributed by atoms with van der Waals surface area (Å²) in [6, 6.07) is 11.6. The van der Waals surface area contributed by atoms with Crippen molar-refractivity contribution in [2.75, 3.05) is 23.3 Å². The summed E-state index contributed by atoms with van der Waals surface area (Å²) in [6.45, 7) is 1.48. The van der Waals surface area contributed by atoms with Crippen LogP contribution in [0.2, 0.25) is 5.02 Å². The average Bonchev–Trinajstić information content (AvgIpc) is 3.17. The number of hydrogen-bond acceptors (Lipinski definition) is 4. The fourth-order valence-corrected chi connectivity index (χ4v) is 4.24. The summed E-state index contributed by atoms with van der Waals surface area (Å²) >= 11 is 5.87. The molecule has 5 nitrogen and oxygen atoms in total. The van der Waals surface area contributed by atoms with Crippen LogP contribution in [0.25, 0.3) is 10.9 Å². The van der Waals surface area contributed by atoms with E-state index < -0.39 is 0 Å². The Bertz CT molecular complexity index is 1030. The molecule has 2 fully saturated rings. The SMILES string of the molecule is O=C(Nc1ccc(Cl)cc1)[C@@H]1[C@@H]2CN(c3ncnc4ccc(F)cc34)C[C@@H]21. The van der Waals surface area contributed by atoms with E-state index in [-0.39, 0.29) is 17.6 Å². The first-order valence-corrected chi connectivity index (χ1v) is 9.19. The normalized spacial score (nSPS) is 23.3. The number of nitrogens with zero attached hydrogens (tertiary/aromatic N) is 3. The Morgan fingerprint density at radius 3 is 2.59 bits per heavy atom. The number of anilines is 2. The topological polar surface area (TPSA) is 58.1 Å². The molecular formula is C20H16ClFN4O. The van der Waals surface area contributed by atoms with E-state index in [9.17, 15) is 9.18 Å². The number of nitrogens with one attached hydrogen (secondary N) is 1. The fraction of sp³-hybridized carbons (Fsp3) is 0.250. The van der Waals surface area contributed by atoms with Gasteiger partial charge in [0.15, 0.2) is 0 Å². The zero-order chi connectivity index (χ0) is 18.5. The lowest BCUT2D eigenvalue weighted by atomic mass is 10.2. The molecule has 0 radical (unpaired) electrons. The summed E-state index contributed by atoms with van der Waals surface area (Å²) in [4.78, 5) is 23.2. The highest BCUT2D eigenvalue weighted by Gasteiger charge is 2.59. The van der Waals surface area contributed by atoms with Crippen molar-refractivity contribution in [3.05, 3.63) is 59.6 Å². The Morgan fingerprint density at radius 2 is 1.85 bits per heavy atom. The van der Waals surface area contributed by atoms with Crippen LogP contribution in [0, 0.1) is 23.6 Å². The van der Waals surface area contributed by atoms with Gasteiger partial charge in [0.25, 0.3) is 0 Å². The third kappa shape index (κ3) is 2.90. The lowest BCUT2D eigenvalue weighted by molar-refractivity contribution is -0.117. The molecule has 0 unspecified atom stereocenters. The Kier molecular flexibility index (Phi) is 3.75. The van der Waals surface area contributed by atoms with Crippen LogP contribution in [0.4, 0.5) is 15.9 Å². The molecule has 3 atom stereocenters. The second-order valence-electron chi connectivity index (χ2n) is 7.11. The van der Waals surface area contributed by atoms with Gasteiger partial charge in [-0.05, 0) is 54.3 Å². The number of fused-ring (bicyclic) bond motifs is 2. The molecule has 1 aromatic heterocycles. The molecule has 1 saturated heterocycles. The van der Waals surface area contributed by atoms with Gasteiger partial charge in [0.1, 0.15) is 18.0 Å². The van der Waals surface area contributed by atoms with Crippen LogP contribution < -0.4 is 10.2 Å². The molecule has 2 aromatic carbocycles. The van der Waals surface area contributed by atoms with Crippen molar-refractivity contribution in [2.45, 2.75) is 0 Å². The van der Waals surface area contributed by atoms with Gasteiger partial charge < -0.3 is 10.2 Å². The number of amides is 1. The van der Waals surface area contributed by atoms with Gasteiger partial charge in [-0.25, -0.2) is 14.4 Å². The number of halogens is 2. The van der Waals surface area contributed by atoms with Crippen LogP contribution in [-0.4, -0.2) is 29.0 Å². The zero-order valence-electron chi connectivity index (χ0n) is 14.3. The molecule has 1 N–H and O–H groups in total. The predicted molar refractivity (Wildman–Crippen MR) is 102 cm³/mol. The lowest BCUT2D eigenvalue weighted by Crippen LogP contribution is -2.28. The van der Waals surface area contributed by atoms with Crippen LogP contribution in [0.1, 0.15) is 0 Å². The minimum atomic E-state index is -0.303. The van der Waals surface area contributed by atoms with Crippen LogP contribution in [-0.2, 0) is 4.79 Å². The van der Waals surface area contributed by atoms with Gasteiger partial charge in [-0.3, -0.25) is 4.79 Å². The van der Waals surface area contributed by atoms with E-state index in [0.717, 1.165) is 30.1 Å². The first-order chi connectivity index (χ1) is 13.1. The maximum atomic E-state index is 13.7. The molecule has 5 rings (SSSR count). The van der Waals surface area contributed by atoms with E-state index in [0.29, 0.717) is 22.2 Å². The molecule has 2 aliphatic rings. The molecule has 27 heavy (non-hydrogen) atoms. The summed E-state index contributed by atoms with van der Waals surface area (Å²) in [7, 11) is 0. The van der Waals surface area contributed by atoms with E-state index >= 15 is 0 Å². The average molecular weight is 383 g/mol. The van der Waals surface area contributed by atoms with Crippen LogP contribution in [0.15, 0.2) is 48.8 Å². The van der Waals surface area contributed by atoms with E-state index in [4.69, 9.17) is 11.6 Å². The van der Waals surface area contributed by atoms with E-state index in [1.54, 1.807) is 30.3 Å². The van der Waals surface area contributed by atoms with Gasteiger partial charge in [-0.15, -0.1) is 0 Å². The molecule has 1 aliphatic carbocycles. The van der Waals surface area contributed by atoms with Gasteiger partial charge in [0.05, 0.1) is 5.52 Å². The summed E-state index contributed by atoms with van der Waals surface area (Å²) in [5.41, 5.74) is 1.47. The largest absolute Gasteiger partial charge is 0.355 e. The first-order valence-electron chi connectivity index (χ1n) is 8.82. The smallest absolute Gasteiger partial charge is 0.228 e. The van der Waals surface area contributed by atoms with Crippen LogP contribution >= 0.6 is 11.6 Å². The molecule has 1 amide bonds. The highest BCUT2D eigenvalue weighted by Crippen LogP contribution is 2.53. The zero-order valence-corrected chi connectivity index (χ0v) is 15.0. The van der Waals surface area contributed by atoms with Crippen molar-refractivity contribution in [2.24, 2.45) is 17.8 Å². The molecule has 1 saturated carbocycles. The van der Waals surface area contributed by atoms with Gasteiger partial charge in [-0.2, -0.15) is 0 Å². The minimum Gasteiger partial charge on any atom is -0.355 e. The van der Waals surface area contributed by atoms with Crippen molar-refractivity contribution in [3.63, 3.8) is 0 Å². The maximum Gasteiger partial charge on any atom is 0.228 e. The minimum absolute atomic E-state index is 0.0155. The van der Waals surface area contributed by atoms with E-state index in [1.165, 1.54) is 18.5 Å². The standard InChI is InChI=1S/C20H16ClFN4O/c21-11-1-4-13(5-2-11)25-20(27)18-15-8-26(9-16(15)18)19-14-7-12(22)3-6-17(14)23-10-24-19/h1-7,10,15-16,18H,8-9H2,(H,25,27)/t15-,16+,18-. The van der Waals surface area contributed by atoms with E-state index in [1.807, 2.05) is 0 Å². The Morgan fingerprint density at radius 1 is 1.11 bits per heavy atom. The summed E-state index contributed by atoms with van der Waals surface area (Å²) in [6.07, 6.45) is 1.50. The molecule has 136 valence electrons. The Labute approximate surface area is 160 Å². The highest BCUT2D eigenvalue weighted by atomic mass is 35.5. The Hall–Kier alpha value is -2.73. The van der Waals surface area contributed by atoms with Crippen molar-refractivity contribution in [1.29, 1.82) is 0 Å². The van der Waals surface area contributed by atoms with E-state index in [2.05, 4.69) is 20.2 Å². The molecule has 0 spiro atoms. The molecule has 1 aliphatic heterocycles. The maximum absolute atomic E-state index is 13.7. The second-order valence-corrected chi connectivity index (χ2v) is 7.55. The summed E-state index contributed by atoms with van der Waals surface area (Å²) in [5, 5.41) is 4.31. The molecule has 2 heterocycles. The summed E-state index contributed by atoms with van der Waals surface area (Å²) in [5.74, 6) is 1.10. The quantitative estimate of drug-likeness (QED) is 0.749. The van der Waals surface area contributed by atoms with Crippen molar-refractivity contribution in [1.82, 2.24) is 9.97 Å². The number of carbonyl (C=O) groups excluding carboxylic acids is 1. The number of hydrogen-bond donors (Lipinski definition) is 1. The van der Waals surface area contributed by atoms with Gasteiger partial charge in [-0.1, -0.05) is 11.6 Å². The molecule has 3 aromatic rings. The molecular weight excluding hydrogens is 367 g/mol. The van der Waals surface area contributed by atoms with Crippen LogP contribution in [0.3, 0.4) is 0 Å². The van der Waals surface area contributed by atoms with Crippen LogP contribution in [0.5, 0.6) is 0 Å². The molecule has 7 heteroatoms. The third-order valence-corrected chi connectivity index (χ3v) is 5.74. The van der Waals surface area contributed by atoms with Crippen molar-refractivity contribution < 1.29 is 9.18 Å².